The summed E-state index contributed by atoms with van der Waals surface area (Å²) in [6.45, 7) is 4.31. The number of hydrogen-bond donors (Lipinski definition) is 2. The molecule has 0 atom stereocenters. The summed E-state index contributed by atoms with van der Waals surface area (Å²) < 4.78 is 6.17. The maximum atomic E-state index is 12.2. The van der Waals surface area contributed by atoms with Gasteiger partial charge in [-0.3, -0.25) is 4.90 Å². The third kappa shape index (κ3) is 5.12. The molecule has 0 saturated carbocycles. The third-order valence-electron chi connectivity index (χ3n) is 5.33. The summed E-state index contributed by atoms with van der Waals surface area (Å²) in [7, 11) is 1.76. The van der Waals surface area contributed by atoms with Crippen LogP contribution in [-0.4, -0.2) is 28.0 Å². The molecule has 8 nitrogen and oxygen atoms in total. The van der Waals surface area contributed by atoms with Crippen LogP contribution in [-0.2, 0) is 6.54 Å². The molecule has 0 aliphatic rings. The Morgan fingerprint density at radius 1 is 1.03 bits per heavy atom. The van der Waals surface area contributed by atoms with Crippen LogP contribution in [0.2, 0.25) is 0 Å². The first kappa shape index (κ1) is 22.7. The number of primary amides is 1. The van der Waals surface area contributed by atoms with Gasteiger partial charge in [-0.05, 0) is 61.4 Å². The van der Waals surface area contributed by atoms with E-state index in [0.717, 1.165) is 22.3 Å². The number of carbonyl (C=O) groups excluding carboxylic acids is 1. The zero-order chi connectivity index (χ0) is 24.1. The topological polar surface area (TPSA) is 106 Å². The van der Waals surface area contributed by atoms with Gasteiger partial charge in [-0.25, -0.2) is 19.7 Å². The van der Waals surface area contributed by atoms with Gasteiger partial charge in [0.05, 0.1) is 17.8 Å². The minimum absolute atomic E-state index is 0.376. The van der Waals surface area contributed by atoms with Gasteiger partial charge >= 0.3 is 6.03 Å². The normalized spacial score (nSPS) is 10.6. The standard InChI is InChI=1S/C26H26N6O2/c1-17-6-8-19(9-7-17)16-32(25(27)33)20-10-11-23(18(2)15-20)34-24-21(5-4-13-29-24)22-12-14-30-26(28-3)31-22/h4-15H,16H2,1-3H3,(H2,27,33)(H,28,30,31). The Morgan fingerprint density at radius 3 is 2.53 bits per heavy atom. The second-order valence-electron chi connectivity index (χ2n) is 7.83. The van der Waals surface area contributed by atoms with Crippen molar-refractivity contribution in [1.82, 2.24) is 15.0 Å². The second-order valence-corrected chi connectivity index (χ2v) is 7.83. The number of pyridine rings is 1. The van der Waals surface area contributed by atoms with E-state index >= 15 is 0 Å². The van der Waals surface area contributed by atoms with Gasteiger partial charge in [-0.2, -0.15) is 0 Å². The fourth-order valence-electron chi connectivity index (χ4n) is 3.49. The average Bonchev–Trinajstić information content (AvgIpc) is 2.85. The molecule has 2 heterocycles. The Hall–Kier alpha value is -4.46. The van der Waals surface area contributed by atoms with Gasteiger partial charge in [0.2, 0.25) is 11.8 Å². The summed E-state index contributed by atoms with van der Waals surface area (Å²) in [5.74, 6) is 1.55. The monoisotopic (exact) mass is 454 g/mol. The van der Waals surface area contributed by atoms with Crippen molar-refractivity contribution in [3.05, 3.63) is 89.7 Å². The molecule has 4 aromatic rings. The zero-order valence-electron chi connectivity index (χ0n) is 19.3. The number of aromatic nitrogens is 3. The summed E-state index contributed by atoms with van der Waals surface area (Å²) in [5.41, 5.74) is 10.8. The molecule has 2 aromatic heterocycles. The van der Waals surface area contributed by atoms with Crippen LogP contribution in [0, 0.1) is 13.8 Å². The van der Waals surface area contributed by atoms with Gasteiger partial charge in [-0.1, -0.05) is 29.8 Å². The summed E-state index contributed by atoms with van der Waals surface area (Å²) >= 11 is 0. The van der Waals surface area contributed by atoms with Crippen LogP contribution in [0.3, 0.4) is 0 Å². The van der Waals surface area contributed by atoms with E-state index in [1.54, 1.807) is 25.5 Å². The molecule has 0 aliphatic heterocycles. The lowest BCUT2D eigenvalue weighted by Crippen LogP contribution is -2.35. The molecular formula is C26H26N6O2. The number of nitrogens with two attached hydrogens (primary N) is 1. The highest BCUT2D eigenvalue weighted by Crippen LogP contribution is 2.33. The molecule has 0 spiro atoms. The van der Waals surface area contributed by atoms with Crippen molar-refractivity contribution in [1.29, 1.82) is 0 Å². The van der Waals surface area contributed by atoms with Crippen molar-refractivity contribution < 1.29 is 9.53 Å². The van der Waals surface area contributed by atoms with Crippen molar-refractivity contribution in [2.75, 3.05) is 17.3 Å². The van der Waals surface area contributed by atoms with Crippen molar-refractivity contribution >= 4 is 17.7 Å². The molecule has 2 amide bonds. The Morgan fingerprint density at radius 2 is 1.82 bits per heavy atom. The Balaban J connectivity index is 1.60. The first-order valence-electron chi connectivity index (χ1n) is 10.8. The molecular weight excluding hydrogens is 428 g/mol. The van der Waals surface area contributed by atoms with Gasteiger partial charge < -0.3 is 15.8 Å². The van der Waals surface area contributed by atoms with E-state index in [0.29, 0.717) is 35.5 Å². The molecule has 0 saturated heterocycles. The number of anilines is 2. The summed E-state index contributed by atoms with van der Waals surface area (Å²) in [6.07, 6.45) is 3.34. The van der Waals surface area contributed by atoms with E-state index in [2.05, 4.69) is 20.3 Å². The summed E-state index contributed by atoms with van der Waals surface area (Å²) in [4.78, 5) is 26.8. The smallest absolute Gasteiger partial charge is 0.319 e. The number of hydrogen-bond acceptors (Lipinski definition) is 6. The highest BCUT2D eigenvalue weighted by Gasteiger charge is 2.16. The average molecular weight is 455 g/mol. The van der Waals surface area contributed by atoms with Gasteiger partial charge in [0, 0.05) is 25.1 Å². The lowest BCUT2D eigenvalue weighted by atomic mass is 10.1. The Labute approximate surface area is 198 Å². The maximum absolute atomic E-state index is 12.2. The molecule has 3 N–H and O–H groups in total. The van der Waals surface area contributed by atoms with Crippen LogP contribution < -0.4 is 20.7 Å². The van der Waals surface area contributed by atoms with Crippen LogP contribution in [0.5, 0.6) is 11.6 Å². The predicted molar refractivity (Wildman–Crippen MR) is 133 cm³/mol. The molecule has 4 rings (SSSR count). The van der Waals surface area contributed by atoms with Crippen molar-refractivity contribution in [3.63, 3.8) is 0 Å². The zero-order valence-corrected chi connectivity index (χ0v) is 19.3. The highest BCUT2D eigenvalue weighted by molar-refractivity contribution is 5.90. The SMILES string of the molecule is CNc1nccc(-c2cccnc2Oc2ccc(N(Cc3ccc(C)cc3)C(N)=O)cc2C)n1. The number of benzene rings is 2. The number of aryl methyl sites for hydroxylation is 2. The van der Waals surface area contributed by atoms with E-state index < -0.39 is 6.03 Å². The Kier molecular flexibility index (Phi) is 6.68. The molecule has 0 radical (unpaired) electrons. The number of nitrogens with zero attached hydrogens (tertiary/aromatic N) is 4. The fourth-order valence-corrected chi connectivity index (χ4v) is 3.49. The molecule has 172 valence electrons. The molecule has 34 heavy (non-hydrogen) atoms. The van der Waals surface area contributed by atoms with E-state index in [4.69, 9.17) is 10.5 Å². The van der Waals surface area contributed by atoms with Crippen molar-refractivity contribution in [2.45, 2.75) is 20.4 Å². The van der Waals surface area contributed by atoms with Crippen molar-refractivity contribution in [3.8, 4) is 22.9 Å². The minimum Gasteiger partial charge on any atom is -0.438 e. The second kappa shape index (κ2) is 9.99. The lowest BCUT2D eigenvalue weighted by molar-refractivity contribution is 0.253. The van der Waals surface area contributed by atoms with E-state index in [1.807, 2.05) is 68.4 Å². The number of ether oxygens (including phenoxy) is 1. The number of rotatable bonds is 7. The van der Waals surface area contributed by atoms with Gasteiger partial charge in [0.25, 0.3) is 0 Å². The van der Waals surface area contributed by atoms with Crippen LogP contribution in [0.25, 0.3) is 11.3 Å². The predicted octanol–water partition coefficient (Wildman–Crippen LogP) is 5.07. The highest BCUT2D eigenvalue weighted by atomic mass is 16.5. The number of carbonyl (C=O) groups is 1. The first-order chi connectivity index (χ1) is 16.4. The quantitative estimate of drug-likeness (QED) is 0.404. The number of nitrogens with one attached hydrogen (secondary N) is 1. The first-order valence-corrected chi connectivity index (χ1v) is 10.8. The molecule has 8 heteroatoms. The summed E-state index contributed by atoms with van der Waals surface area (Å²) in [5, 5.41) is 2.94. The van der Waals surface area contributed by atoms with Crippen molar-refractivity contribution in [2.24, 2.45) is 5.73 Å². The van der Waals surface area contributed by atoms with Gasteiger partial charge in [0.15, 0.2) is 0 Å². The largest absolute Gasteiger partial charge is 0.438 e. The van der Waals surface area contributed by atoms with Gasteiger partial charge in [0.1, 0.15) is 5.75 Å². The van der Waals surface area contributed by atoms with Crippen LogP contribution in [0.4, 0.5) is 16.4 Å². The number of urea groups is 1. The lowest BCUT2D eigenvalue weighted by Gasteiger charge is -2.22. The van der Waals surface area contributed by atoms with Crippen LogP contribution >= 0.6 is 0 Å². The third-order valence-corrected chi connectivity index (χ3v) is 5.33. The molecule has 0 unspecified atom stereocenters. The fraction of sp³-hybridized carbons (Fsp3) is 0.154. The maximum Gasteiger partial charge on any atom is 0.319 e. The van der Waals surface area contributed by atoms with E-state index in [1.165, 1.54) is 4.90 Å². The van der Waals surface area contributed by atoms with Gasteiger partial charge in [-0.15, -0.1) is 0 Å². The molecule has 0 aliphatic carbocycles. The van der Waals surface area contributed by atoms with Crippen LogP contribution in [0.15, 0.2) is 73.1 Å². The van der Waals surface area contributed by atoms with E-state index in [9.17, 15) is 4.79 Å². The molecule has 0 fully saturated rings. The van der Waals surface area contributed by atoms with Crippen LogP contribution in [0.1, 0.15) is 16.7 Å². The minimum atomic E-state index is -0.523. The molecule has 2 aromatic carbocycles. The Bertz CT molecular complexity index is 1310. The number of amides is 2. The summed E-state index contributed by atoms with van der Waals surface area (Å²) in [6, 6.07) is 18.5. The van der Waals surface area contributed by atoms with E-state index in [-0.39, 0.29) is 0 Å². The molecule has 0 bridgehead atoms.